The highest BCUT2D eigenvalue weighted by atomic mass is 32.1. The van der Waals surface area contributed by atoms with E-state index in [9.17, 15) is 0 Å². The second-order valence-corrected chi connectivity index (χ2v) is 11.5. The molecule has 0 aliphatic rings. The number of nitrogens with zero attached hydrogens (tertiary/aromatic N) is 2. The first-order valence-corrected chi connectivity index (χ1v) is 14.4. The van der Waals surface area contributed by atoms with E-state index in [1.165, 1.54) is 64.1 Å². The SMILES string of the molecule is c1ccc2c(-c3ccc(-c4ccc5sc6c7ccccc7c7nc8ccccc8n7c6c5c4)cc3)cccc2c1. The van der Waals surface area contributed by atoms with Crippen molar-refractivity contribution in [2.75, 3.05) is 0 Å². The van der Waals surface area contributed by atoms with Gasteiger partial charge in [0.25, 0.3) is 0 Å². The highest BCUT2D eigenvalue weighted by molar-refractivity contribution is 7.26. The summed E-state index contributed by atoms with van der Waals surface area (Å²) in [7, 11) is 0. The molecular formula is C37H22N2S. The van der Waals surface area contributed by atoms with Gasteiger partial charge in [0, 0.05) is 20.9 Å². The van der Waals surface area contributed by atoms with Gasteiger partial charge in [-0.1, -0.05) is 109 Å². The zero-order valence-corrected chi connectivity index (χ0v) is 22.3. The van der Waals surface area contributed by atoms with Crippen LogP contribution in [-0.2, 0) is 0 Å². The minimum absolute atomic E-state index is 1.02. The van der Waals surface area contributed by atoms with Crippen molar-refractivity contribution < 1.29 is 0 Å². The Labute approximate surface area is 234 Å². The lowest BCUT2D eigenvalue weighted by molar-refractivity contribution is 1.33. The summed E-state index contributed by atoms with van der Waals surface area (Å²) >= 11 is 1.87. The molecule has 0 spiro atoms. The van der Waals surface area contributed by atoms with Crippen molar-refractivity contribution in [3.8, 4) is 22.3 Å². The molecule has 9 rings (SSSR count). The van der Waals surface area contributed by atoms with Gasteiger partial charge >= 0.3 is 0 Å². The standard InChI is InChI=1S/C37H22N2S/c1-2-10-27-24(8-1)9-7-13-28(27)25-18-16-23(17-19-25)26-20-21-34-31(22-26)35-36(40-34)29-11-3-4-12-30(29)37-38-32-14-5-6-15-33(32)39(35)37/h1-22H. The van der Waals surface area contributed by atoms with E-state index in [0.717, 1.165) is 16.7 Å². The van der Waals surface area contributed by atoms with Crippen molar-refractivity contribution in [1.82, 2.24) is 9.38 Å². The zero-order chi connectivity index (χ0) is 26.2. The third-order valence-corrected chi connectivity index (χ3v) is 9.37. The Bertz CT molecular complexity index is 2420. The van der Waals surface area contributed by atoms with Gasteiger partial charge in [-0.05, 0) is 57.3 Å². The summed E-state index contributed by atoms with van der Waals surface area (Å²) in [6.07, 6.45) is 0. The lowest BCUT2D eigenvalue weighted by atomic mass is 9.96. The maximum Gasteiger partial charge on any atom is 0.146 e. The maximum absolute atomic E-state index is 5.09. The number of hydrogen-bond donors (Lipinski definition) is 0. The van der Waals surface area contributed by atoms with E-state index in [1.54, 1.807) is 0 Å². The smallest absolute Gasteiger partial charge is 0.146 e. The van der Waals surface area contributed by atoms with Crippen LogP contribution in [0.2, 0.25) is 0 Å². The first kappa shape index (κ1) is 21.9. The quantitative estimate of drug-likeness (QED) is 0.219. The number of thiophene rings is 1. The molecule has 0 unspecified atom stereocenters. The zero-order valence-electron chi connectivity index (χ0n) is 21.5. The van der Waals surface area contributed by atoms with Crippen molar-refractivity contribution in [2.45, 2.75) is 0 Å². The average Bonchev–Trinajstić information content (AvgIpc) is 3.60. The topological polar surface area (TPSA) is 17.3 Å². The molecule has 0 radical (unpaired) electrons. The van der Waals surface area contributed by atoms with E-state index < -0.39 is 0 Å². The summed E-state index contributed by atoms with van der Waals surface area (Å²) in [5.41, 5.74) is 9.40. The predicted molar refractivity (Wildman–Crippen MR) is 171 cm³/mol. The molecule has 0 aliphatic heterocycles. The number of aromatic nitrogens is 2. The number of pyridine rings is 1. The lowest BCUT2D eigenvalue weighted by Gasteiger charge is -2.09. The van der Waals surface area contributed by atoms with Crippen LogP contribution in [0.1, 0.15) is 0 Å². The van der Waals surface area contributed by atoms with Crippen molar-refractivity contribution in [1.29, 1.82) is 0 Å². The van der Waals surface area contributed by atoms with Crippen LogP contribution >= 0.6 is 11.3 Å². The van der Waals surface area contributed by atoms with E-state index >= 15 is 0 Å². The van der Waals surface area contributed by atoms with Gasteiger partial charge in [-0.15, -0.1) is 11.3 Å². The molecule has 0 bridgehead atoms. The Morgan fingerprint density at radius 2 is 1.23 bits per heavy atom. The second kappa shape index (κ2) is 8.25. The van der Waals surface area contributed by atoms with Gasteiger partial charge in [0.1, 0.15) is 5.65 Å². The number of fused-ring (bicyclic) bond motifs is 11. The molecule has 0 aliphatic carbocycles. The minimum atomic E-state index is 1.02. The highest BCUT2D eigenvalue weighted by Gasteiger charge is 2.18. The van der Waals surface area contributed by atoms with Crippen LogP contribution in [0.4, 0.5) is 0 Å². The average molecular weight is 527 g/mol. The minimum Gasteiger partial charge on any atom is -0.290 e. The Kier molecular flexibility index (Phi) is 4.52. The molecule has 0 atom stereocenters. The molecule has 9 aromatic rings. The third kappa shape index (κ3) is 3.07. The number of para-hydroxylation sites is 2. The predicted octanol–water partition coefficient (Wildman–Crippen LogP) is 10.5. The number of rotatable bonds is 2. The molecule has 0 saturated heterocycles. The fourth-order valence-electron chi connectivity index (χ4n) is 6.30. The summed E-state index contributed by atoms with van der Waals surface area (Å²) < 4.78 is 4.98. The number of imidazole rings is 1. The highest BCUT2D eigenvalue weighted by Crippen LogP contribution is 2.42. The molecule has 0 N–H and O–H groups in total. The Morgan fingerprint density at radius 3 is 2.12 bits per heavy atom. The molecule has 6 aromatic carbocycles. The Balaban J connectivity index is 1.27. The van der Waals surface area contributed by atoms with E-state index in [4.69, 9.17) is 4.98 Å². The van der Waals surface area contributed by atoms with Crippen molar-refractivity contribution >= 4 is 69.9 Å². The third-order valence-electron chi connectivity index (χ3n) is 8.18. The summed E-state index contributed by atoms with van der Waals surface area (Å²) in [4.78, 5) is 5.09. The van der Waals surface area contributed by atoms with Crippen molar-refractivity contribution in [3.05, 3.63) is 133 Å². The van der Waals surface area contributed by atoms with E-state index in [1.807, 2.05) is 11.3 Å². The molecule has 0 saturated carbocycles. The van der Waals surface area contributed by atoms with Gasteiger partial charge in [0.05, 0.1) is 21.3 Å². The molecule has 0 fully saturated rings. The molecule has 40 heavy (non-hydrogen) atoms. The second-order valence-electron chi connectivity index (χ2n) is 10.4. The molecule has 186 valence electrons. The van der Waals surface area contributed by atoms with Crippen LogP contribution in [0.25, 0.3) is 80.8 Å². The van der Waals surface area contributed by atoms with Crippen molar-refractivity contribution in [2.24, 2.45) is 0 Å². The van der Waals surface area contributed by atoms with Gasteiger partial charge in [0.15, 0.2) is 0 Å². The summed E-state index contributed by atoms with van der Waals surface area (Å²) in [6.45, 7) is 0. The van der Waals surface area contributed by atoms with Crippen LogP contribution in [0, 0.1) is 0 Å². The maximum atomic E-state index is 5.09. The van der Waals surface area contributed by atoms with Gasteiger partial charge in [0.2, 0.25) is 0 Å². The number of hydrogen-bond acceptors (Lipinski definition) is 2. The van der Waals surface area contributed by atoms with Gasteiger partial charge in [-0.2, -0.15) is 0 Å². The van der Waals surface area contributed by atoms with Crippen LogP contribution < -0.4 is 0 Å². The van der Waals surface area contributed by atoms with Gasteiger partial charge in [-0.25, -0.2) is 4.98 Å². The van der Waals surface area contributed by atoms with E-state index in [0.29, 0.717) is 0 Å². The Morgan fingerprint density at radius 1 is 0.525 bits per heavy atom. The van der Waals surface area contributed by atoms with Crippen LogP contribution in [0.3, 0.4) is 0 Å². The van der Waals surface area contributed by atoms with Crippen LogP contribution in [0.15, 0.2) is 133 Å². The van der Waals surface area contributed by atoms with Crippen LogP contribution in [-0.4, -0.2) is 9.38 Å². The first-order chi connectivity index (χ1) is 19.8. The molecule has 3 aromatic heterocycles. The fourth-order valence-corrected chi connectivity index (χ4v) is 7.50. The number of benzene rings is 6. The molecule has 3 heteroatoms. The summed E-state index contributed by atoms with van der Waals surface area (Å²) in [6, 6.07) is 48.2. The normalized spacial score (nSPS) is 12.0. The van der Waals surface area contributed by atoms with E-state index in [2.05, 4.69) is 138 Å². The van der Waals surface area contributed by atoms with Crippen LogP contribution in [0.5, 0.6) is 0 Å². The lowest BCUT2D eigenvalue weighted by Crippen LogP contribution is -1.89. The summed E-state index contributed by atoms with van der Waals surface area (Å²) in [5.74, 6) is 0. The molecule has 3 heterocycles. The summed E-state index contributed by atoms with van der Waals surface area (Å²) in [5, 5.41) is 6.29. The molecule has 2 nitrogen and oxygen atoms in total. The largest absolute Gasteiger partial charge is 0.290 e. The fraction of sp³-hybridized carbons (Fsp3) is 0. The van der Waals surface area contributed by atoms with Crippen molar-refractivity contribution in [3.63, 3.8) is 0 Å². The van der Waals surface area contributed by atoms with Gasteiger partial charge < -0.3 is 0 Å². The molecular weight excluding hydrogens is 504 g/mol. The van der Waals surface area contributed by atoms with Gasteiger partial charge in [-0.3, -0.25) is 4.40 Å². The van der Waals surface area contributed by atoms with E-state index in [-0.39, 0.29) is 0 Å². The Hall–Kier alpha value is -4.99. The monoisotopic (exact) mass is 526 g/mol. The molecule has 0 amide bonds. The first-order valence-electron chi connectivity index (χ1n) is 13.6.